The fraction of sp³-hybridized carbons (Fsp3) is 0.200. The zero-order valence-electron chi connectivity index (χ0n) is 12.5. The molecule has 2 aromatic rings. The fourth-order valence-corrected chi connectivity index (χ4v) is 2.77. The van der Waals surface area contributed by atoms with Crippen molar-refractivity contribution in [1.29, 1.82) is 0 Å². The largest absolute Gasteiger partial charge is 1.00 e. The number of anilines is 2. The Morgan fingerprint density at radius 3 is 2.13 bits per heavy atom. The Morgan fingerprint density at radius 1 is 1.13 bits per heavy atom. The van der Waals surface area contributed by atoms with E-state index in [0.29, 0.717) is 20.8 Å². The minimum absolute atomic E-state index is 0. The van der Waals surface area contributed by atoms with E-state index in [1.54, 1.807) is 4.57 Å². The number of nitrogens with zero attached hydrogens (tertiary/aromatic N) is 2. The van der Waals surface area contributed by atoms with Gasteiger partial charge in [-0.25, -0.2) is 0 Å². The Balaban J connectivity index is 0.00000264. The van der Waals surface area contributed by atoms with Crippen LogP contribution >= 0.6 is 34.8 Å². The average molecular weight is 395 g/mol. The van der Waals surface area contributed by atoms with Gasteiger partial charge in [-0.3, -0.25) is 4.79 Å². The van der Waals surface area contributed by atoms with Crippen LogP contribution in [0.5, 0.6) is 0 Å². The lowest BCUT2D eigenvalue weighted by Gasteiger charge is -2.11. The van der Waals surface area contributed by atoms with E-state index in [-0.39, 0.29) is 24.9 Å². The molecule has 4 nitrogen and oxygen atoms in total. The lowest BCUT2D eigenvalue weighted by atomic mass is 10.3. The summed E-state index contributed by atoms with van der Waals surface area (Å²) in [6.45, 7) is 0.156. The van der Waals surface area contributed by atoms with Crippen LogP contribution in [-0.2, 0) is 11.3 Å². The number of hydrogen-bond donors (Lipinski definition) is 1. The lowest BCUT2D eigenvalue weighted by molar-refractivity contribution is -0.684. The van der Waals surface area contributed by atoms with Crippen molar-refractivity contribution in [1.82, 2.24) is 0 Å². The molecule has 1 aromatic carbocycles. The first-order chi connectivity index (χ1) is 10.4. The smallest absolute Gasteiger partial charge is 0.290 e. The van der Waals surface area contributed by atoms with E-state index in [0.717, 1.165) is 5.69 Å². The number of amides is 1. The SMILES string of the molecule is CN(C)c1cc[n+](CC(=O)Nc2c(Cl)cc(Cl)cc2Cl)cc1.[Cl-]. The molecule has 23 heavy (non-hydrogen) atoms. The Bertz CT molecular complexity index is 667. The van der Waals surface area contributed by atoms with Crippen molar-refractivity contribution < 1.29 is 21.8 Å². The average Bonchev–Trinajstić information content (AvgIpc) is 2.43. The maximum absolute atomic E-state index is 12.1. The second kappa shape index (κ2) is 8.60. The summed E-state index contributed by atoms with van der Waals surface area (Å²) in [6.07, 6.45) is 3.67. The predicted molar refractivity (Wildman–Crippen MR) is 91.1 cm³/mol. The van der Waals surface area contributed by atoms with Crippen LogP contribution in [0.3, 0.4) is 0 Å². The highest BCUT2D eigenvalue weighted by atomic mass is 35.5. The summed E-state index contributed by atoms with van der Waals surface area (Å²) in [7, 11) is 3.91. The third kappa shape index (κ3) is 5.43. The fourth-order valence-electron chi connectivity index (χ4n) is 1.86. The molecule has 0 unspecified atom stereocenters. The van der Waals surface area contributed by atoms with Crippen molar-refractivity contribution in [3.05, 3.63) is 51.7 Å². The summed E-state index contributed by atoms with van der Waals surface area (Å²) >= 11 is 17.9. The zero-order chi connectivity index (χ0) is 16.3. The van der Waals surface area contributed by atoms with Crippen molar-refractivity contribution in [3.8, 4) is 0 Å². The van der Waals surface area contributed by atoms with Gasteiger partial charge in [0.05, 0.1) is 15.7 Å². The van der Waals surface area contributed by atoms with Crippen LogP contribution in [0.1, 0.15) is 0 Å². The van der Waals surface area contributed by atoms with Gasteiger partial charge in [0, 0.05) is 36.9 Å². The predicted octanol–water partition coefficient (Wildman–Crippen LogP) is 0.643. The van der Waals surface area contributed by atoms with Crippen LogP contribution < -0.4 is 27.2 Å². The summed E-state index contributed by atoms with van der Waals surface area (Å²) in [5.74, 6) is -0.228. The summed E-state index contributed by atoms with van der Waals surface area (Å²) in [4.78, 5) is 14.1. The maximum Gasteiger partial charge on any atom is 0.290 e. The van der Waals surface area contributed by atoms with Crippen LogP contribution in [0.4, 0.5) is 11.4 Å². The van der Waals surface area contributed by atoms with E-state index in [1.807, 2.05) is 43.5 Å². The van der Waals surface area contributed by atoms with Gasteiger partial charge in [-0.15, -0.1) is 0 Å². The van der Waals surface area contributed by atoms with E-state index in [4.69, 9.17) is 34.8 Å². The molecule has 0 aliphatic rings. The molecule has 0 fully saturated rings. The number of benzene rings is 1. The number of aromatic nitrogens is 1. The normalized spacial score (nSPS) is 9.96. The number of carbonyl (C=O) groups excluding carboxylic acids is 1. The summed E-state index contributed by atoms with van der Waals surface area (Å²) < 4.78 is 1.76. The van der Waals surface area contributed by atoms with Crippen molar-refractivity contribution in [2.45, 2.75) is 6.54 Å². The molecule has 0 atom stereocenters. The zero-order valence-corrected chi connectivity index (χ0v) is 15.5. The molecule has 1 amide bonds. The molecule has 2 rings (SSSR count). The second-order valence-electron chi connectivity index (χ2n) is 4.92. The molecular weight excluding hydrogens is 380 g/mol. The molecule has 1 aromatic heterocycles. The summed E-state index contributed by atoms with van der Waals surface area (Å²) in [6, 6.07) is 6.91. The third-order valence-corrected chi connectivity index (χ3v) is 3.80. The van der Waals surface area contributed by atoms with Gasteiger partial charge >= 0.3 is 0 Å². The lowest BCUT2D eigenvalue weighted by Crippen LogP contribution is -3.00. The highest BCUT2D eigenvalue weighted by molar-refractivity contribution is 6.42. The summed E-state index contributed by atoms with van der Waals surface area (Å²) in [5.41, 5.74) is 1.42. The van der Waals surface area contributed by atoms with Gasteiger partial charge in [-0.2, -0.15) is 4.57 Å². The number of rotatable bonds is 4. The van der Waals surface area contributed by atoms with E-state index in [1.165, 1.54) is 12.1 Å². The highest BCUT2D eigenvalue weighted by Gasteiger charge is 2.14. The topological polar surface area (TPSA) is 36.2 Å². The molecular formula is C15H15Cl4N3O. The van der Waals surface area contributed by atoms with Crippen LogP contribution in [0.15, 0.2) is 36.7 Å². The minimum atomic E-state index is -0.228. The molecule has 0 aliphatic heterocycles. The highest BCUT2D eigenvalue weighted by Crippen LogP contribution is 2.33. The molecule has 0 saturated carbocycles. The van der Waals surface area contributed by atoms with Gasteiger partial charge in [0.15, 0.2) is 12.4 Å². The number of halogens is 4. The molecule has 1 heterocycles. The van der Waals surface area contributed by atoms with E-state index >= 15 is 0 Å². The number of carbonyl (C=O) groups is 1. The molecule has 0 radical (unpaired) electrons. The van der Waals surface area contributed by atoms with Gasteiger partial charge in [-0.1, -0.05) is 34.8 Å². The van der Waals surface area contributed by atoms with Crippen LogP contribution in [0.25, 0.3) is 0 Å². The third-order valence-electron chi connectivity index (χ3n) is 2.99. The van der Waals surface area contributed by atoms with Crippen LogP contribution in [0.2, 0.25) is 15.1 Å². The van der Waals surface area contributed by atoms with Crippen molar-refractivity contribution >= 4 is 52.1 Å². The van der Waals surface area contributed by atoms with Gasteiger partial charge in [0.1, 0.15) is 0 Å². The molecule has 124 valence electrons. The maximum atomic E-state index is 12.1. The van der Waals surface area contributed by atoms with Crippen molar-refractivity contribution in [3.63, 3.8) is 0 Å². The Hall–Kier alpha value is -1.20. The second-order valence-corrected chi connectivity index (χ2v) is 6.17. The quantitative estimate of drug-likeness (QED) is 0.772. The number of nitrogens with one attached hydrogen (secondary N) is 1. The first-order valence-corrected chi connectivity index (χ1v) is 7.61. The van der Waals surface area contributed by atoms with Gasteiger partial charge in [-0.05, 0) is 12.1 Å². The van der Waals surface area contributed by atoms with E-state index < -0.39 is 0 Å². The van der Waals surface area contributed by atoms with E-state index in [9.17, 15) is 4.79 Å². The molecule has 0 saturated heterocycles. The molecule has 0 bridgehead atoms. The monoisotopic (exact) mass is 393 g/mol. The van der Waals surface area contributed by atoms with Gasteiger partial charge in [0.25, 0.3) is 5.91 Å². The van der Waals surface area contributed by atoms with Crippen LogP contribution in [-0.4, -0.2) is 20.0 Å². The minimum Gasteiger partial charge on any atom is -1.00 e. The first kappa shape index (κ1) is 19.8. The van der Waals surface area contributed by atoms with Gasteiger partial charge in [0.2, 0.25) is 6.54 Å². The standard InChI is InChI=1S/C15H14Cl3N3O.ClH/c1-20(2)11-3-5-21(6-4-11)9-14(22)19-15-12(17)7-10(16)8-13(15)18;/h3-8H,9H2,1-2H3;1H. The van der Waals surface area contributed by atoms with E-state index in [2.05, 4.69) is 5.32 Å². The van der Waals surface area contributed by atoms with Crippen molar-refractivity contribution in [2.24, 2.45) is 0 Å². The number of pyridine rings is 1. The molecule has 0 aliphatic carbocycles. The summed E-state index contributed by atoms with van der Waals surface area (Å²) in [5, 5.41) is 3.73. The number of hydrogen-bond acceptors (Lipinski definition) is 2. The first-order valence-electron chi connectivity index (χ1n) is 6.47. The Kier molecular flexibility index (Phi) is 7.42. The van der Waals surface area contributed by atoms with Crippen molar-refractivity contribution in [2.75, 3.05) is 24.3 Å². The molecule has 8 heteroatoms. The van der Waals surface area contributed by atoms with Gasteiger partial charge < -0.3 is 22.6 Å². The Morgan fingerprint density at radius 2 is 1.65 bits per heavy atom. The molecule has 1 N–H and O–H groups in total. The molecule has 0 spiro atoms. The van der Waals surface area contributed by atoms with Crippen LogP contribution in [0, 0.1) is 0 Å². The Labute approximate surface area is 156 Å².